The van der Waals surface area contributed by atoms with Crippen molar-refractivity contribution < 1.29 is 0 Å². The zero-order valence-electron chi connectivity index (χ0n) is 12.0. The van der Waals surface area contributed by atoms with Crippen LogP contribution in [0.3, 0.4) is 0 Å². The third-order valence-electron chi connectivity index (χ3n) is 4.09. The van der Waals surface area contributed by atoms with E-state index in [-0.39, 0.29) is 0 Å². The molecule has 4 heteroatoms. The SMILES string of the molecule is CN(C)[C@@H]1CCN(Cc2ccc3cccc(Cl)c3n2)C1. The van der Waals surface area contributed by atoms with Crippen molar-refractivity contribution in [2.45, 2.75) is 19.0 Å². The highest BCUT2D eigenvalue weighted by atomic mass is 35.5. The van der Waals surface area contributed by atoms with E-state index >= 15 is 0 Å². The molecule has 3 rings (SSSR count). The molecule has 0 amide bonds. The van der Waals surface area contributed by atoms with Gasteiger partial charge < -0.3 is 4.90 Å². The number of nitrogens with zero attached hydrogens (tertiary/aromatic N) is 3. The molecule has 0 saturated carbocycles. The quantitative estimate of drug-likeness (QED) is 0.866. The first-order valence-corrected chi connectivity index (χ1v) is 7.44. The van der Waals surface area contributed by atoms with Crippen LogP contribution < -0.4 is 0 Å². The van der Waals surface area contributed by atoms with Crippen LogP contribution in [0.1, 0.15) is 12.1 Å². The minimum Gasteiger partial charge on any atom is -0.305 e. The van der Waals surface area contributed by atoms with Crippen LogP contribution >= 0.6 is 11.6 Å². The lowest BCUT2D eigenvalue weighted by molar-refractivity contribution is 0.263. The Balaban J connectivity index is 1.77. The van der Waals surface area contributed by atoms with Gasteiger partial charge in [-0.2, -0.15) is 0 Å². The molecule has 2 aromatic rings. The molecule has 1 aliphatic rings. The minimum absolute atomic E-state index is 0.666. The van der Waals surface area contributed by atoms with Crippen molar-refractivity contribution in [3.63, 3.8) is 0 Å². The van der Waals surface area contributed by atoms with E-state index in [0.717, 1.165) is 41.3 Å². The number of rotatable bonds is 3. The number of aromatic nitrogens is 1. The molecular weight excluding hydrogens is 270 g/mol. The predicted molar refractivity (Wildman–Crippen MR) is 84.1 cm³/mol. The summed E-state index contributed by atoms with van der Waals surface area (Å²) in [6.45, 7) is 3.17. The van der Waals surface area contributed by atoms with Gasteiger partial charge in [-0.15, -0.1) is 0 Å². The summed E-state index contributed by atoms with van der Waals surface area (Å²) in [5.74, 6) is 0. The molecule has 0 unspecified atom stereocenters. The Morgan fingerprint density at radius 3 is 2.90 bits per heavy atom. The first kappa shape index (κ1) is 13.8. The molecule has 1 aliphatic heterocycles. The maximum Gasteiger partial charge on any atom is 0.0891 e. The molecule has 0 bridgehead atoms. The lowest BCUT2D eigenvalue weighted by Gasteiger charge is -2.20. The lowest BCUT2D eigenvalue weighted by Crippen LogP contribution is -2.31. The van der Waals surface area contributed by atoms with Gasteiger partial charge in [0.05, 0.1) is 16.2 Å². The van der Waals surface area contributed by atoms with Gasteiger partial charge in [0.2, 0.25) is 0 Å². The summed E-state index contributed by atoms with van der Waals surface area (Å²) in [5.41, 5.74) is 2.01. The van der Waals surface area contributed by atoms with Crippen molar-refractivity contribution in [2.75, 3.05) is 27.2 Å². The van der Waals surface area contributed by atoms with Crippen LogP contribution in [0.2, 0.25) is 5.02 Å². The summed E-state index contributed by atoms with van der Waals surface area (Å²) in [6.07, 6.45) is 1.24. The summed E-state index contributed by atoms with van der Waals surface area (Å²) in [6, 6.07) is 10.8. The van der Waals surface area contributed by atoms with E-state index < -0.39 is 0 Å². The molecule has 0 spiro atoms. The van der Waals surface area contributed by atoms with Gasteiger partial charge in [-0.05, 0) is 32.6 Å². The molecule has 1 aromatic carbocycles. The highest BCUT2D eigenvalue weighted by molar-refractivity contribution is 6.35. The van der Waals surface area contributed by atoms with Gasteiger partial charge in [0, 0.05) is 31.1 Å². The van der Waals surface area contributed by atoms with Crippen LogP contribution in [0.25, 0.3) is 10.9 Å². The molecule has 20 heavy (non-hydrogen) atoms. The van der Waals surface area contributed by atoms with Gasteiger partial charge in [-0.25, -0.2) is 4.98 Å². The van der Waals surface area contributed by atoms with Crippen molar-refractivity contribution in [2.24, 2.45) is 0 Å². The van der Waals surface area contributed by atoms with Crippen LogP contribution in [0, 0.1) is 0 Å². The smallest absolute Gasteiger partial charge is 0.0891 e. The monoisotopic (exact) mass is 289 g/mol. The summed E-state index contributed by atoms with van der Waals surface area (Å²) in [5, 5.41) is 1.84. The Bertz CT molecular complexity index is 612. The van der Waals surface area contributed by atoms with E-state index in [1.165, 1.54) is 6.42 Å². The number of fused-ring (bicyclic) bond motifs is 1. The maximum absolute atomic E-state index is 6.23. The zero-order valence-corrected chi connectivity index (χ0v) is 12.8. The third-order valence-corrected chi connectivity index (χ3v) is 4.40. The fraction of sp³-hybridized carbons (Fsp3) is 0.438. The topological polar surface area (TPSA) is 19.4 Å². The Morgan fingerprint density at radius 1 is 1.30 bits per heavy atom. The lowest BCUT2D eigenvalue weighted by atomic mass is 10.2. The summed E-state index contributed by atoms with van der Waals surface area (Å²) in [4.78, 5) is 9.50. The average Bonchev–Trinajstić information content (AvgIpc) is 2.88. The number of likely N-dealkylation sites (N-methyl/N-ethyl adjacent to an activating group) is 1. The molecular formula is C16H20ClN3. The van der Waals surface area contributed by atoms with Gasteiger partial charge in [0.1, 0.15) is 0 Å². The molecule has 0 radical (unpaired) electrons. The average molecular weight is 290 g/mol. The van der Waals surface area contributed by atoms with Gasteiger partial charge in [-0.1, -0.05) is 29.8 Å². The van der Waals surface area contributed by atoms with Crippen LogP contribution in [-0.4, -0.2) is 48.0 Å². The first-order valence-electron chi connectivity index (χ1n) is 7.06. The summed E-state index contributed by atoms with van der Waals surface area (Å²) < 4.78 is 0. The molecule has 1 aromatic heterocycles. The molecule has 0 aliphatic carbocycles. The third kappa shape index (κ3) is 2.80. The standard InChI is InChI=1S/C16H20ClN3/c1-19(2)14-8-9-20(11-14)10-13-7-6-12-4-3-5-15(17)16(12)18-13/h3-7,14H,8-11H2,1-2H3/t14-/m1/s1. The first-order chi connectivity index (χ1) is 9.63. The highest BCUT2D eigenvalue weighted by Crippen LogP contribution is 2.22. The molecule has 3 nitrogen and oxygen atoms in total. The van der Waals surface area contributed by atoms with E-state index in [2.05, 4.69) is 42.1 Å². The molecule has 0 N–H and O–H groups in total. The van der Waals surface area contributed by atoms with E-state index in [4.69, 9.17) is 16.6 Å². The number of halogens is 1. The van der Waals surface area contributed by atoms with Gasteiger partial charge in [-0.3, -0.25) is 4.90 Å². The summed E-state index contributed by atoms with van der Waals surface area (Å²) >= 11 is 6.23. The Kier molecular flexibility index (Phi) is 3.92. The van der Waals surface area contributed by atoms with Crippen LogP contribution in [0.5, 0.6) is 0 Å². The van der Waals surface area contributed by atoms with E-state index in [1.807, 2.05) is 12.1 Å². The largest absolute Gasteiger partial charge is 0.305 e. The Morgan fingerprint density at radius 2 is 2.15 bits per heavy atom. The molecule has 1 fully saturated rings. The van der Waals surface area contributed by atoms with E-state index in [0.29, 0.717) is 6.04 Å². The van der Waals surface area contributed by atoms with Crippen molar-refractivity contribution in [1.29, 1.82) is 0 Å². The van der Waals surface area contributed by atoms with Crippen molar-refractivity contribution in [1.82, 2.24) is 14.8 Å². The number of para-hydroxylation sites is 1. The molecule has 2 heterocycles. The van der Waals surface area contributed by atoms with Crippen LogP contribution in [0.15, 0.2) is 30.3 Å². The molecule has 1 saturated heterocycles. The number of hydrogen-bond acceptors (Lipinski definition) is 3. The molecule has 106 valence electrons. The van der Waals surface area contributed by atoms with E-state index in [9.17, 15) is 0 Å². The fourth-order valence-corrected chi connectivity index (χ4v) is 3.07. The number of pyridine rings is 1. The maximum atomic E-state index is 6.23. The molecule has 1 atom stereocenters. The van der Waals surface area contributed by atoms with E-state index in [1.54, 1.807) is 0 Å². The Hall–Kier alpha value is -1.16. The second-order valence-corrected chi connectivity index (χ2v) is 6.16. The second kappa shape index (κ2) is 5.68. The van der Waals surface area contributed by atoms with Crippen LogP contribution in [-0.2, 0) is 6.54 Å². The number of benzene rings is 1. The number of likely N-dealkylation sites (tertiary alicyclic amines) is 1. The number of hydrogen-bond donors (Lipinski definition) is 0. The minimum atomic E-state index is 0.666. The summed E-state index contributed by atoms with van der Waals surface area (Å²) in [7, 11) is 4.31. The van der Waals surface area contributed by atoms with Crippen molar-refractivity contribution >= 4 is 22.5 Å². The predicted octanol–water partition coefficient (Wildman–Crippen LogP) is 3.02. The highest BCUT2D eigenvalue weighted by Gasteiger charge is 2.24. The van der Waals surface area contributed by atoms with Gasteiger partial charge in [0.15, 0.2) is 0 Å². The van der Waals surface area contributed by atoms with Crippen molar-refractivity contribution in [3.05, 3.63) is 41.0 Å². The normalized spacial score (nSPS) is 20.1. The fourth-order valence-electron chi connectivity index (χ4n) is 2.85. The van der Waals surface area contributed by atoms with Gasteiger partial charge >= 0.3 is 0 Å². The van der Waals surface area contributed by atoms with Gasteiger partial charge in [0.25, 0.3) is 0 Å². The zero-order chi connectivity index (χ0) is 14.1. The Labute approximate surface area is 125 Å². The van der Waals surface area contributed by atoms with Crippen molar-refractivity contribution in [3.8, 4) is 0 Å². The second-order valence-electron chi connectivity index (χ2n) is 5.76. The van der Waals surface area contributed by atoms with Crippen LogP contribution in [0.4, 0.5) is 0 Å².